The Morgan fingerprint density at radius 3 is 2.55 bits per heavy atom. The highest BCUT2D eigenvalue weighted by Crippen LogP contribution is 2.39. The number of aryl methyl sites for hydroxylation is 1. The number of rotatable bonds is 5. The van der Waals surface area contributed by atoms with Gasteiger partial charge < -0.3 is 19.5 Å². The van der Waals surface area contributed by atoms with Crippen molar-refractivity contribution in [1.29, 1.82) is 0 Å². The third-order valence-electron chi connectivity index (χ3n) is 7.80. The average Bonchev–Trinajstić information content (AvgIpc) is 3.39. The van der Waals surface area contributed by atoms with Crippen LogP contribution in [0.1, 0.15) is 49.5 Å². The van der Waals surface area contributed by atoms with Crippen molar-refractivity contribution in [3.8, 4) is 5.75 Å². The lowest BCUT2D eigenvalue weighted by Gasteiger charge is -2.33. The molecule has 3 heterocycles. The summed E-state index contributed by atoms with van der Waals surface area (Å²) in [4.78, 5) is 20.0. The van der Waals surface area contributed by atoms with E-state index in [2.05, 4.69) is 44.7 Å². The average molecular weight is 453 g/mol. The number of hydrogen-bond donors (Lipinski definition) is 3. The van der Waals surface area contributed by atoms with Crippen LogP contribution in [0.4, 0.5) is 5.69 Å². The maximum absolute atomic E-state index is 13.1. The molecule has 2 aliphatic heterocycles. The molecule has 8 nitrogen and oxygen atoms in total. The number of piperidine rings is 1. The summed E-state index contributed by atoms with van der Waals surface area (Å²) in [5.41, 5.74) is 8.71. The molecular formula is C25H36N6O2. The third-order valence-corrected chi connectivity index (χ3v) is 7.80. The number of carbonyl (C=O) groups excluding carboxylic acids is 1. The van der Waals surface area contributed by atoms with E-state index >= 15 is 0 Å². The van der Waals surface area contributed by atoms with E-state index in [0.717, 1.165) is 62.5 Å². The fraction of sp³-hybridized carbons (Fsp3) is 0.600. The van der Waals surface area contributed by atoms with Gasteiger partial charge in [0.2, 0.25) is 5.91 Å². The molecule has 4 atom stereocenters. The second-order valence-corrected chi connectivity index (χ2v) is 9.97. The minimum absolute atomic E-state index is 0.0147. The van der Waals surface area contributed by atoms with Crippen LogP contribution < -0.4 is 20.9 Å². The molecule has 33 heavy (non-hydrogen) atoms. The zero-order valence-electron chi connectivity index (χ0n) is 19.9. The number of imidazole rings is 1. The number of ether oxygens (including phenoxy) is 1. The lowest BCUT2D eigenvalue weighted by molar-refractivity contribution is -0.119. The second kappa shape index (κ2) is 9.44. The Morgan fingerprint density at radius 2 is 1.85 bits per heavy atom. The Kier molecular flexibility index (Phi) is 6.40. The summed E-state index contributed by atoms with van der Waals surface area (Å²) in [6.45, 7) is 4.18. The molecule has 1 amide bonds. The number of hydrogen-bond acceptors (Lipinski definition) is 6. The quantitative estimate of drug-likeness (QED) is 0.647. The third kappa shape index (κ3) is 4.78. The number of hydrazine groups is 1. The summed E-state index contributed by atoms with van der Waals surface area (Å²) in [6, 6.07) is 7.87. The number of nitrogens with zero attached hydrogens (tertiary/aromatic N) is 3. The number of anilines is 1. The Balaban J connectivity index is 1.18. The van der Waals surface area contributed by atoms with Crippen LogP contribution in [0.15, 0.2) is 30.5 Å². The van der Waals surface area contributed by atoms with Crippen molar-refractivity contribution < 1.29 is 9.53 Å². The maximum atomic E-state index is 13.1. The van der Waals surface area contributed by atoms with Gasteiger partial charge in [0.1, 0.15) is 23.7 Å². The number of aromatic nitrogens is 2. The van der Waals surface area contributed by atoms with E-state index in [9.17, 15) is 4.79 Å². The molecular weight excluding hydrogens is 416 g/mol. The Morgan fingerprint density at radius 1 is 1.09 bits per heavy atom. The van der Waals surface area contributed by atoms with Crippen LogP contribution in [0.2, 0.25) is 0 Å². The number of nitrogens with one attached hydrogen (secondary N) is 3. The Bertz CT molecular complexity index is 966. The molecule has 0 radical (unpaired) electrons. The summed E-state index contributed by atoms with van der Waals surface area (Å²) in [5, 5.41) is 3.10. The molecule has 4 unspecified atom stereocenters. The lowest BCUT2D eigenvalue weighted by Crippen LogP contribution is -2.42. The summed E-state index contributed by atoms with van der Waals surface area (Å²) < 4.78 is 8.32. The Hall–Kier alpha value is -2.42. The first-order valence-corrected chi connectivity index (χ1v) is 12.2. The van der Waals surface area contributed by atoms with Gasteiger partial charge in [0.05, 0.1) is 0 Å². The van der Waals surface area contributed by atoms with Gasteiger partial charge in [-0.3, -0.25) is 10.2 Å². The molecule has 1 aromatic carbocycles. The van der Waals surface area contributed by atoms with Crippen molar-refractivity contribution >= 4 is 11.6 Å². The highest BCUT2D eigenvalue weighted by molar-refractivity contribution is 5.95. The predicted octanol–water partition coefficient (Wildman–Crippen LogP) is 2.57. The van der Waals surface area contributed by atoms with Crippen molar-refractivity contribution in [1.82, 2.24) is 25.3 Å². The van der Waals surface area contributed by atoms with Crippen LogP contribution in [-0.2, 0) is 11.8 Å². The minimum Gasteiger partial charge on any atom is -0.490 e. The van der Waals surface area contributed by atoms with Crippen molar-refractivity contribution in [3.05, 3.63) is 42.0 Å². The molecule has 0 spiro atoms. The number of benzene rings is 1. The fourth-order valence-electron chi connectivity index (χ4n) is 5.62. The minimum atomic E-state index is -0.248. The maximum Gasteiger partial charge on any atom is 0.243 e. The van der Waals surface area contributed by atoms with Crippen LogP contribution in [0.3, 0.4) is 0 Å². The van der Waals surface area contributed by atoms with Gasteiger partial charge in [-0.15, -0.1) is 0 Å². The van der Waals surface area contributed by atoms with Gasteiger partial charge in [0.25, 0.3) is 0 Å². The van der Waals surface area contributed by atoms with Crippen molar-refractivity contribution in [2.45, 2.75) is 63.1 Å². The van der Waals surface area contributed by atoms with Crippen molar-refractivity contribution in [3.63, 3.8) is 0 Å². The van der Waals surface area contributed by atoms with E-state index in [1.807, 2.05) is 37.4 Å². The largest absolute Gasteiger partial charge is 0.490 e. The molecule has 5 rings (SSSR count). The highest BCUT2D eigenvalue weighted by Gasteiger charge is 2.44. The molecule has 178 valence electrons. The monoisotopic (exact) mass is 452 g/mol. The number of fused-ring (bicyclic) bond motifs is 1. The summed E-state index contributed by atoms with van der Waals surface area (Å²) in [7, 11) is 4.23. The van der Waals surface area contributed by atoms with Crippen molar-refractivity contribution in [2.24, 2.45) is 13.0 Å². The first kappa shape index (κ1) is 22.4. The van der Waals surface area contributed by atoms with Gasteiger partial charge in [-0.1, -0.05) is 0 Å². The normalized spacial score (nSPS) is 28.5. The van der Waals surface area contributed by atoms with E-state index in [-0.39, 0.29) is 24.0 Å². The fourth-order valence-corrected chi connectivity index (χ4v) is 5.62. The SMILES string of the molecule is Cc1ncc(C2CCC3NNC(C(=O)Nc4ccc(OC5CCN(C)CC5)cc4)C3C2)n1C. The summed E-state index contributed by atoms with van der Waals surface area (Å²) in [5.74, 6) is 2.61. The molecule has 0 bridgehead atoms. The Labute approximate surface area is 196 Å². The highest BCUT2D eigenvalue weighted by atomic mass is 16.5. The predicted molar refractivity (Wildman–Crippen MR) is 128 cm³/mol. The number of amides is 1. The van der Waals surface area contributed by atoms with Crippen molar-refractivity contribution in [2.75, 3.05) is 25.5 Å². The van der Waals surface area contributed by atoms with Gasteiger partial charge in [-0.2, -0.15) is 0 Å². The van der Waals surface area contributed by atoms with Gasteiger partial charge in [-0.05, 0) is 70.3 Å². The van der Waals surface area contributed by atoms with E-state index in [4.69, 9.17) is 4.74 Å². The summed E-state index contributed by atoms with van der Waals surface area (Å²) >= 11 is 0. The standard InChI is InChI=1S/C25H36N6O2/c1-16-26-15-23(31(16)3)17-4-9-22-21(14-17)24(29-28-22)25(32)27-18-5-7-19(8-6-18)33-20-10-12-30(2)13-11-20/h5-8,15,17,20-22,24,28-29H,4,9-14H2,1-3H3,(H,27,32). The molecule has 3 aliphatic rings. The first-order valence-electron chi connectivity index (χ1n) is 12.2. The molecule has 1 saturated carbocycles. The molecule has 8 heteroatoms. The molecule has 3 N–H and O–H groups in total. The first-order chi connectivity index (χ1) is 16.0. The lowest BCUT2D eigenvalue weighted by atomic mass is 9.74. The molecule has 2 saturated heterocycles. The van der Waals surface area contributed by atoms with Crippen LogP contribution in [0.5, 0.6) is 5.75 Å². The van der Waals surface area contributed by atoms with Crippen LogP contribution in [0.25, 0.3) is 0 Å². The molecule has 2 aromatic rings. The molecule has 1 aromatic heterocycles. The number of likely N-dealkylation sites (tertiary alicyclic amines) is 1. The molecule has 1 aliphatic carbocycles. The van der Waals surface area contributed by atoms with Gasteiger partial charge >= 0.3 is 0 Å². The van der Waals surface area contributed by atoms with E-state index in [1.54, 1.807) is 0 Å². The van der Waals surface area contributed by atoms with Gasteiger partial charge in [0, 0.05) is 55.6 Å². The van der Waals surface area contributed by atoms with E-state index in [1.165, 1.54) is 5.69 Å². The number of carbonyl (C=O) groups is 1. The topological polar surface area (TPSA) is 83.4 Å². The second-order valence-electron chi connectivity index (χ2n) is 9.97. The van der Waals surface area contributed by atoms with Crippen LogP contribution >= 0.6 is 0 Å². The zero-order valence-corrected chi connectivity index (χ0v) is 19.9. The summed E-state index contributed by atoms with van der Waals surface area (Å²) in [6.07, 6.45) is 7.52. The van der Waals surface area contributed by atoms with Gasteiger partial charge in [0.15, 0.2) is 0 Å². The zero-order chi connectivity index (χ0) is 22.9. The molecule has 3 fully saturated rings. The van der Waals surface area contributed by atoms with Crippen LogP contribution in [-0.4, -0.2) is 58.7 Å². The van der Waals surface area contributed by atoms with E-state index < -0.39 is 0 Å². The van der Waals surface area contributed by atoms with Crippen LogP contribution in [0, 0.1) is 12.8 Å². The smallest absolute Gasteiger partial charge is 0.243 e. The van der Waals surface area contributed by atoms with E-state index in [0.29, 0.717) is 12.0 Å². The van der Waals surface area contributed by atoms with Gasteiger partial charge in [-0.25, -0.2) is 10.4 Å².